The quantitative estimate of drug-likeness (QED) is 0.682. The van der Waals surface area contributed by atoms with Gasteiger partial charge in [-0.1, -0.05) is 0 Å². The number of hydrogen-bond donors (Lipinski definition) is 1. The molecule has 10 heavy (non-hydrogen) atoms. The van der Waals surface area contributed by atoms with Crippen molar-refractivity contribution in [3.8, 4) is 0 Å². The third-order valence-corrected chi connectivity index (χ3v) is 2.22. The highest BCUT2D eigenvalue weighted by molar-refractivity contribution is 7.10. The van der Waals surface area contributed by atoms with E-state index >= 15 is 0 Å². The Morgan fingerprint density at radius 2 is 2.50 bits per heavy atom. The summed E-state index contributed by atoms with van der Waals surface area (Å²) in [6.45, 7) is 1.99. The Hall–Kier alpha value is -0.830. The Labute approximate surface area is 63.7 Å². The van der Waals surface area contributed by atoms with Crippen LogP contribution in [0.1, 0.15) is 10.4 Å². The number of hydrogen-bond acceptors (Lipinski definition) is 2. The molecule has 1 rings (SSSR count). The van der Waals surface area contributed by atoms with Gasteiger partial charge in [0, 0.05) is 4.88 Å². The summed E-state index contributed by atoms with van der Waals surface area (Å²) >= 11 is 1.64. The summed E-state index contributed by atoms with van der Waals surface area (Å²) in [5, 5.41) is 1.97. The minimum Gasteiger partial charge on any atom is -0.369 e. The molecule has 0 atom stereocenters. The highest BCUT2D eigenvalue weighted by Gasteiger charge is 2.01. The Kier molecular flexibility index (Phi) is 2.06. The molecule has 0 saturated carbocycles. The average Bonchev–Trinajstić information content (AvgIpc) is 2.15. The van der Waals surface area contributed by atoms with Gasteiger partial charge in [-0.3, -0.25) is 4.79 Å². The van der Waals surface area contributed by atoms with E-state index < -0.39 is 0 Å². The molecule has 1 amide bonds. The fourth-order valence-electron chi connectivity index (χ4n) is 0.782. The van der Waals surface area contributed by atoms with Crippen LogP contribution in [0, 0.1) is 6.92 Å². The number of amides is 1. The first-order valence-corrected chi connectivity index (χ1v) is 3.89. The molecule has 2 nitrogen and oxygen atoms in total. The van der Waals surface area contributed by atoms with Crippen LogP contribution < -0.4 is 5.73 Å². The third-order valence-electron chi connectivity index (χ3n) is 1.33. The topological polar surface area (TPSA) is 43.1 Å². The summed E-state index contributed by atoms with van der Waals surface area (Å²) in [6, 6.07) is 1.94. The first-order valence-electron chi connectivity index (χ1n) is 3.01. The maximum Gasteiger partial charge on any atom is 0.221 e. The van der Waals surface area contributed by atoms with Crippen molar-refractivity contribution in [3.63, 3.8) is 0 Å². The summed E-state index contributed by atoms with van der Waals surface area (Å²) in [5.74, 6) is -0.262. The molecule has 0 aliphatic rings. The van der Waals surface area contributed by atoms with Gasteiger partial charge in [0.15, 0.2) is 0 Å². The molecule has 0 aliphatic heterocycles. The van der Waals surface area contributed by atoms with Crippen LogP contribution in [0.4, 0.5) is 0 Å². The number of nitrogens with two attached hydrogens (primary N) is 1. The number of thiophene rings is 1. The molecule has 1 aromatic heterocycles. The van der Waals surface area contributed by atoms with E-state index in [0.717, 1.165) is 5.56 Å². The average molecular weight is 155 g/mol. The third kappa shape index (κ3) is 1.57. The normalized spacial score (nSPS) is 9.70. The molecule has 1 heterocycles. The molecule has 1 aromatic rings. The maximum absolute atomic E-state index is 10.4. The second-order valence-electron chi connectivity index (χ2n) is 2.15. The van der Waals surface area contributed by atoms with Gasteiger partial charge in [0.05, 0.1) is 6.42 Å². The Bertz CT molecular complexity index is 242. The van der Waals surface area contributed by atoms with Crippen molar-refractivity contribution < 1.29 is 4.79 Å². The van der Waals surface area contributed by atoms with Gasteiger partial charge in [0.2, 0.25) is 5.91 Å². The number of carbonyl (C=O) groups is 1. The molecule has 0 bridgehead atoms. The molecule has 3 heteroatoms. The van der Waals surface area contributed by atoms with Crippen LogP contribution in [0.5, 0.6) is 0 Å². The van der Waals surface area contributed by atoms with Crippen molar-refractivity contribution in [2.75, 3.05) is 0 Å². The van der Waals surface area contributed by atoms with Crippen molar-refractivity contribution in [2.24, 2.45) is 5.73 Å². The van der Waals surface area contributed by atoms with Crippen LogP contribution in [-0.4, -0.2) is 5.91 Å². The molecule has 54 valence electrons. The molecule has 2 N–H and O–H groups in total. The van der Waals surface area contributed by atoms with E-state index in [-0.39, 0.29) is 5.91 Å². The zero-order valence-electron chi connectivity index (χ0n) is 5.76. The van der Waals surface area contributed by atoms with E-state index in [1.54, 1.807) is 11.3 Å². The van der Waals surface area contributed by atoms with Crippen molar-refractivity contribution in [1.82, 2.24) is 0 Å². The minimum atomic E-state index is -0.262. The number of aryl methyl sites for hydroxylation is 1. The van der Waals surface area contributed by atoms with Crippen LogP contribution in [0.3, 0.4) is 0 Å². The fraction of sp³-hybridized carbons (Fsp3) is 0.286. The van der Waals surface area contributed by atoms with E-state index in [4.69, 9.17) is 5.73 Å². The van der Waals surface area contributed by atoms with Crippen LogP contribution in [-0.2, 0) is 11.2 Å². The molecule has 0 aliphatic carbocycles. The SMILES string of the molecule is Cc1sccc1CC(N)=O. The summed E-state index contributed by atoms with van der Waals surface area (Å²) in [6.07, 6.45) is 0.370. The zero-order valence-corrected chi connectivity index (χ0v) is 6.57. The molecular weight excluding hydrogens is 146 g/mol. The van der Waals surface area contributed by atoms with Gasteiger partial charge in [-0.15, -0.1) is 11.3 Å². The van der Waals surface area contributed by atoms with Gasteiger partial charge in [0.1, 0.15) is 0 Å². The molecule has 0 fully saturated rings. The summed E-state index contributed by atoms with van der Waals surface area (Å²) in [7, 11) is 0. The Balaban J connectivity index is 2.74. The second kappa shape index (κ2) is 2.84. The van der Waals surface area contributed by atoms with Crippen LogP contribution >= 0.6 is 11.3 Å². The largest absolute Gasteiger partial charge is 0.369 e. The van der Waals surface area contributed by atoms with E-state index in [1.165, 1.54) is 4.88 Å². The highest BCUT2D eigenvalue weighted by atomic mass is 32.1. The molecule has 0 aromatic carbocycles. The van der Waals surface area contributed by atoms with Gasteiger partial charge < -0.3 is 5.73 Å². The minimum absolute atomic E-state index is 0.262. The lowest BCUT2D eigenvalue weighted by atomic mass is 10.2. The molecule has 0 radical (unpaired) electrons. The summed E-state index contributed by atoms with van der Waals surface area (Å²) in [5.41, 5.74) is 6.07. The number of rotatable bonds is 2. The lowest BCUT2D eigenvalue weighted by Gasteiger charge is -1.92. The first-order chi connectivity index (χ1) is 4.70. The van der Waals surface area contributed by atoms with Crippen molar-refractivity contribution >= 4 is 17.2 Å². The van der Waals surface area contributed by atoms with Gasteiger partial charge >= 0.3 is 0 Å². The summed E-state index contributed by atoms with van der Waals surface area (Å²) in [4.78, 5) is 11.6. The first kappa shape index (κ1) is 7.28. The van der Waals surface area contributed by atoms with Crippen molar-refractivity contribution in [1.29, 1.82) is 0 Å². The Morgan fingerprint density at radius 1 is 1.80 bits per heavy atom. The summed E-state index contributed by atoms with van der Waals surface area (Å²) < 4.78 is 0. The molecule has 0 spiro atoms. The van der Waals surface area contributed by atoms with Crippen LogP contribution in [0.15, 0.2) is 11.4 Å². The fourth-order valence-corrected chi connectivity index (χ4v) is 1.51. The second-order valence-corrected chi connectivity index (χ2v) is 3.27. The lowest BCUT2D eigenvalue weighted by molar-refractivity contribution is -0.117. The van der Waals surface area contributed by atoms with Gasteiger partial charge in [0.25, 0.3) is 0 Å². The molecule has 0 unspecified atom stereocenters. The van der Waals surface area contributed by atoms with Gasteiger partial charge in [-0.2, -0.15) is 0 Å². The predicted octanol–water partition coefficient (Wildman–Crippen LogP) is 1.08. The maximum atomic E-state index is 10.4. The highest BCUT2D eigenvalue weighted by Crippen LogP contribution is 2.14. The Morgan fingerprint density at radius 3 is 2.90 bits per heavy atom. The standard InChI is InChI=1S/C7H9NOS/c1-5-6(2-3-10-5)4-7(8)9/h2-3H,4H2,1H3,(H2,8,9). The predicted molar refractivity (Wildman–Crippen MR) is 42.0 cm³/mol. The van der Waals surface area contributed by atoms with Crippen molar-refractivity contribution in [2.45, 2.75) is 13.3 Å². The van der Waals surface area contributed by atoms with Gasteiger partial charge in [-0.25, -0.2) is 0 Å². The van der Waals surface area contributed by atoms with Crippen LogP contribution in [0.2, 0.25) is 0 Å². The van der Waals surface area contributed by atoms with Gasteiger partial charge in [-0.05, 0) is 23.9 Å². The van der Waals surface area contributed by atoms with E-state index in [0.29, 0.717) is 6.42 Å². The monoisotopic (exact) mass is 155 g/mol. The van der Waals surface area contributed by atoms with E-state index in [2.05, 4.69) is 0 Å². The van der Waals surface area contributed by atoms with E-state index in [9.17, 15) is 4.79 Å². The van der Waals surface area contributed by atoms with Crippen LogP contribution in [0.25, 0.3) is 0 Å². The number of primary amides is 1. The van der Waals surface area contributed by atoms with E-state index in [1.807, 2.05) is 18.4 Å². The molecule has 0 saturated heterocycles. The number of carbonyl (C=O) groups excluding carboxylic acids is 1. The smallest absolute Gasteiger partial charge is 0.221 e. The van der Waals surface area contributed by atoms with Crippen molar-refractivity contribution in [3.05, 3.63) is 21.9 Å². The zero-order chi connectivity index (χ0) is 7.56. The lowest BCUT2D eigenvalue weighted by Crippen LogP contribution is -2.13. The molecular formula is C7H9NOS.